The van der Waals surface area contributed by atoms with Crippen molar-refractivity contribution >= 4 is 5.91 Å². The summed E-state index contributed by atoms with van der Waals surface area (Å²) in [5.41, 5.74) is 0.567. The standard InChI is InChI=1S/C13H19NO3/c1-9(2)14(3)13(15)10-6-11(16-4)8-12(7-10)17-5/h6-9H,1-5H3. The molecule has 1 aromatic carbocycles. The molecule has 0 saturated carbocycles. The van der Waals surface area contributed by atoms with E-state index in [2.05, 4.69) is 0 Å². The van der Waals surface area contributed by atoms with Crippen molar-refractivity contribution in [2.75, 3.05) is 21.3 Å². The van der Waals surface area contributed by atoms with Gasteiger partial charge in [-0.2, -0.15) is 0 Å². The fourth-order valence-electron chi connectivity index (χ4n) is 1.37. The molecule has 0 aliphatic rings. The van der Waals surface area contributed by atoms with Crippen LogP contribution in [0, 0.1) is 0 Å². The van der Waals surface area contributed by atoms with Crippen molar-refractivity contribution in [2.45, 2.75) is 19.9 Å². The molecule has 4 nitrogen and oxygen atoms in total. The number of benzene rings is 1. The molecular formula is C13H19NO3. The van der Waals surface area contributed by atoms with Gasteiger partial charge in [0.2, 0.25) is 0 Å². The molecule has 4 heteroatoms. The van der Waals surface area contributed by atoms with Crippen molar-refractivity contribution in [3.8, 4) is 11.5 Å². The Balaban J connectivity index is 3.08. The van der Waals surface area contributed by atoms with Gasteiger partial charge >= 0.3 is 0 Å². The van der Waals surface area contributed by atoms with E-state index in [1.807, 2.05) is 13.8 Å². The lowest BCUT2D eigenvalue weighted by Crippen LogP contribution is -2.32. The van der Waals surface area contributed by atoms with Gasteiger partial charge in [-0.1, -0.05) is 0 Å². The first kappa shape index (κ1) is 13.4. The molecule has 0 N–H and O–H groups in total. The van der Waals surface area contributed by atoms with Crippen molar-refractivity contribution in [2.24, 2.45) is 0 Å². The Morgan fingerprint density at radius 3 is 1.94 bits per heavy atom. The predicted octanol–water partition coefficient (Wildman–Crippen LogP) is 2.18. The molecular weight excluding hydrogens is 218 g/mol. The second kappa shape index (κ2) is 5.57. The number of hydrogen-bond donors (Lipinski definition) is 0. The van der Waals surface area contributed by atoms with E-state index >= 15 is 0 Å². The molecule has 0 aliphatic carbocycles. The van der Waals surface area contributed by atoms with Crippen LogP contribution in [-0.2, 0) is 0 Å². The SMILES string of the molecule is COc1cc(OC)cc(C(=O)N(C)C(C)C)c1. The Kier molecular flexibility index (Phi) is 4.37. The molecule has 0 saturated heterocycles. The summed E-state index contributed by atoms with van der Waals surface area (Å²) in [5, 5.41) is 0. The van der Waals surface area contributed by atoms with Crippen LogP contribution in [0.3, 0.4) is 0 Å². The highest BCUT2D eigenvalue weighted by atomic mass is 16.5. The zero-order chi connectivity index (χ0) is 13.0. The van der Waals surface area contributed by atoms with Gasteiger partial charge in [-0.05, 0) is 26.0 Å². The van der Waals surface area contributed by atoms with Gasteiger partial charge in [0.1, 0.15) is 11.5 Å². The first-order chi connectivity index (χ1) is 7.99. The van der Waals surface area contributed by atoms with E-state index in [1.165, 1.54) is 0 Å². The number of carbonyl (C=O) groups excluding carboxylic acids is 1. The number of carbonyl (C=O) groups is 1. The summed E-state index contributed by atoms with van der Waals surface area (Å²) in [4.78, 5) is 13.8. The Morgan fingerprint density at radius 2 is 1.59 bits per heavy atom. The van der Waals surface area contributed by atoms with Gasteiger partial charge in [0.05, 0.1) is 14.2 Å². The maximum Gasteiger partial charge on any atom is 0.254 e. The van der Waals surface area contributed by atoms with Crippen molar-refractivity contribution < 1.29 is 14.3 Å². The van der Waals surface area contributed by atoms with Crippen LogP contribution in [0.5, 0.6) is 11.5 Å². The van der Waals surface area contributed by atoms with Gasteiger partial charge < -0.3 is 14.4 Å². The molecule has 0 unspecified atom stereocenters. The summed E-state index contributed by atoms with van der Waals surface area (Å²) < 4.78 is 10.3. The Morgan fingerprint density at radius 1 is 1.12 bits per heavy atom. The molecule has 17 heavy (non-hydrogen) atoms. The van der Waals surface area contributed by atoms with E-state index < -0.39 is 0 Å². The van der Waals surface area contributed by atoms with E-state index in [1.54, 1.807) is 44.4 Å². The summed E-state index contributed by atoms with van der Waals surface area (Å²) in [5.74, 6) is 1.19. The maximum atomic E-state index is 12.1. The lowest BCUT2D eigenvalue weighted by molar-refractivity contribution is 0.0754. The molecule has 0 atom stereocenters. The van der Waals surface area contributed by atoms with Crippen LogP contribution >= 0.6 is 0 Å². The summed E-state index contributed by atoms with van der Waals surface area (Å²) >= 11 is 0. The molecule has 0 radical (unpaired) electrons. The summed E-state index contributed by atoms with van der Waals surface area (Å²) in [6.45, 7) is 3.94. The third-order valence-electron chi connectivity index (χ3n) is 2.69. The van der Waals surface area contributed by atoms with Gasteiger partial charge in [0.25, 0.3) is 5.91 Å². The highest BCUT2D eigenvalue weighted by Crippen LogP contribution is 2.23. The van der Waals surface area contributed by atoms with Crippen LogP contribution in [0.2, 0.25) is 0 Å². The molecule has 0 bridgehead atoms. The average molecular weight is 237 g/mol. The molecule has 1 rings (SSSR count). The topological polar surface area (TPSA) is 38.8 Å². The van der Waals surface area contributed by atoms with Crippen molar-refractivity contribution in [3.63, 3.8) is 0 Å². The minimum Gasteiger partial charge on any atom is -0.497 e. The molecule has 1 amide bonds. The molecule has 0 spiro atoms. The number of amides is 1. The Bertz CT molecular complexity index is 379. The van der Waals surface area contributed by atoms with Crippen molar-refractivity contribution in [3.05, 3.63) is 23.8 Å². The van der Waals surface area contributed by atoms with Gasteiger partial charge in [-0.15, -0.1) is 0 Å². The van der Waals surface area contributed by atoms with Crippen molar-refractivity contribution in [1.29, 1.82) is 0 Å². The maximum absolute atomic E-state index is 12.1. The number of hydrogen-bond acceptors (Lipinski definition) is 3. The molecule has 0 fully saturated rings. The Hall–Kier alpha value is -1.71. The number of rotatable bonds is 4. The first-order valence-electron chi connectivity index (χ1n) is 5.49. The van der Waals surface area contributed by atoms with Gasteiger partial charge in [-0.25, -0.2) is 0 Å². The number of nitrogens with zero attached hydrogens (tertiary/aromatic N) is 1. The highest BCUT2D eigenvalue weighted by molar-refractivity contribution is 5.95. The molecule has 0 aromatic heterocycles. The zero-order valence-corrected chi connectivity index (χ0v) is 11.0. The third kappa shape index (κ3) is 3.12. The van der Waals surface area contributed by atoms with Crippen LogP contribution < -0.4 is 9.47 Å². The smallest absolute Gasteiger partial charge is 0.254 e. The molecule has 0 heterocycles. The van der Waals surface area contributed by atoms with E-state index in [-0.39, 0.29) is 11.9 Å². The van der Waals surface area contributed by atoms with Gasteiger partial charge in [-0.3, -0.25) is 4.79 Å². The summed E-state index contributed by atoms with van der Waals surface area (Å²) in [7, 11) is 4.91. The average Bonchev–Trinajstić information content (AvgIpc) is 2.35. The highest BCUT2D eigenvalue weighted by Gasteiger charge is 2.16. The first-order valence-corrected chi connectivity index (χ1v) is 5.49. The molecule has 0 aliphatic heterocycles. The number of ether oxygens (including phenoxy) is 2. The number of methoxy groups -OCH3 is 2. The monoisotopic (exact) mass is 237 g/mol. The summed E-state index contributed by atoms with van der Waals surface area (Å²) in [6.07, 6.45) is 0. The van der Waals surface area contributed by atoms with Crippen LogP contribution in [0.1, 0.15) is 24.2 Å². The normalized spacial score (nSPS) is 10.2. The second-order valence-corrected chi connectivity index (χ2v) is 4.11. The van der Waals surface area contributed by atoms with Gasteiger partial charge in [0, 0.05) is 24.7 Å². The molecule has 1 aromatic rings. The lowest BCUT2D eigenvalue weighted by atomic mass is 10.1. The van der Waals surface area contributed by atoms with E-state index in [0.717, 1.165) is 0 Å². The van der Waals surface area contributed by atoms with Crippen LogP contribution in [0.4, 0.5) is 0 Å². The minimum atomic E-state index is -0.0443. The summed E-state index contributed by atoms with van der Waals surface area (Å²) in [6, 6.07) is 5.32. The molecule has 94 valence electrons. The van der Waals surface area contributed by atoms with E-state index in [0.29, 0.717) is 17.1 Å². The van der Waals surface area contributed by atoms with Crippen molar-refractivity contribution in [1.82, 2.24) is 4.90 Å². The van der Waals surface area contributed by atoms with Gasteiger partial charge in [0.15, 0.2) is 0 Å². The third-order valence-corrected chi connectivity index (χ3v) is 2.69. The predicted molar refractivity (Wildman–Crippen MR) is 66.8 cm³/mol. The van der Waals surface area contributed by atoms with Crippen LogP contribution in [-0.4, -0.2) is 38.1 Å². The second-order valence-electron chi connectivity index (χ2n) is 4.11. The lowest BCUT2D eigenvalue weighted by Gasteiger charge is -2.21. The van der Waals surface area contributed by atoms with Crippen LogP contribution in [0.25, 0.3) is 0 Å². The van der Waals surface area contributed by atoms with E-state index in [9.17, 15) is 4.79 Å². The quantitative estimate of drug-likeness (QED) is 0.805. The fourth-order valence-corrected chi connectivity index (χ4v) is 1.37. The zero-order valence-electron chi connectivity index (χ0n) is 11.0. The Labute approximate surface area is 102 Å². The van der Waals surface area contributed by atoms with Crippen LogP contribution in [0.15, 0.2) is 18.2 Å². The minimum absolute atomic E-state index is 0.0443. The largest absolute Gasteiger partial charge is 0.497 e. The van der Waals surface area contributed by atoms with E-state index in [4.69, 9.17) is 9.47 Å². The fraction of sp³-hybridized carbons (Fsp3) is 0.462.